The monoisotopic (exact) mass is 797 g/mol. The number of amides is 1. The van der Waals surface area contributed by atoms with E-state index in [-0.39, 0.29) is 29.7 Å². The fourth-order valence-corrected chi connectivity index (χ4v) is 9.25. The van der Waals surface area contributed by atoms with Gasteiger partial charge in [-0.2, -0.15) is 0 Å². The number of benzene rings is 2. The van der Waals surface area contributed by atoms with E-state index >= 15 is 0 Å². The summed E-state index contributed by atoms with van der Waals surface area (Å²) in [5.41, 5.74) is 7.72. The zero-order valence-corrected chi connectivity index (χ0v) is 34.0. The highest BCUT2D eigenvalue weighted by Gasteiger charge is 2.39. The molecule has 3 aliphatic rings. The number of phenols is 1. The third-order valence-electron chi connectivity index (χ3n) is 12.5. The first-order valence-electron chi connectivity index (χ1n) is 20.8. The van der Waals surface area contributed by atoms with Crippen LogP contribution in [0.15, 0.2) is 77.6 Å². The lowest BCUT2D eigenvalue weighted by Crippen LogP contribution is -2.39. The largest absolute Gasteiger partial charge is 0.507 e. The highest BCUT2D eigenvalue weighted by molar-refractivity contribution is 5.86. The van der Waals surface area contributed by atoms with Gasteiger partial charge in [0.25, 0.3) is 5.88 Å². The number of nitrogens with zero attached hydrogens (tertiary/aromatic N) is 8. The van der Waals surface area contributed by atoms with Crippen LogP contribution in [-0.4, -0.2) is 89.7 Å². The number of aromatic amines is 1. The Labute approximate surface area is 343 Å². The van der Waals surface area contributed by atoms with Gasteiger partial charge >= 0.3 is 0 Å². The second-order valence-electron chi connectivity index (χ2n) is 16.7. The number of β-amino-alcohol motifs (C(OH)–C–C–N with tert-alkyl or cyclic N) is 1. The van der Waals surface area contributed by atoms with E-state index in [0.717, 1.165) is 67.1 Å². The van der Waals surface area contributed by atoms with E-state index in [1.165, 1.54) is 16.8 Å². The molecule has 2 saturated heterocycles. The highest BCUT2D eigenvalue weighted by Crippen LogP contribution is 2.39. The van der Waals surface area contributed by atoms with Crippen molar-refractivity contribution in [2.24, 2.45) is 5.92 Å². The first-order valence-corrected chi connectivity index (χ1v) is 20.8. The number of carbonyl (C=O) groups is 1. The number of ether oxygens (including phenoxy) is 1. The van der Waals surface area contributed by atoms with E-state index in [0.29, 0.717) is 48.4 Å². The Bertz CT molecular complexity index is 2420. The fraction of sp³-hybridized carbons (Fsp3) is 0.422. The van der Waals surface area contributed by atoms with Crippen LogP contribution in [-0.2, 0) is 17.8 Å². The molecule has 14 heteroatoms. The number of para-hydroxylation sites is 1. The summed E-state index contributed by atoms with van der Waals surface area (Å²) in [7, 11) is 0. The van der Waals surface area contributed by atoms with Gasteiger partial charge in [-0.3, -0.25) is 4.79 Å². The molecule has 9 rings (SSSR count). The van der Waals surface area contributed by atoms with E-state index in [9.17, 15) is 15.0 Å². The predicted octanol–water partition coefficient (Wildman–Crippen LogP) is 6.92. The van der Waals surface area contributed by atoms with Gasteiger partial charge in [-0.15, -0.1) is 10.2 Å². The number of rotatable bonds is 10. The van der Waals surface area contributed by atoms with Gasteiger partial charge in [-0.25, -0.2) is 9.97 Å². The summed E-state index contributed by atoms with van der Waals surface area (Å²) in [6, 6.07) is 19.4. The third kappa shape index (κ3) is 7.57. The van der Waals surface area contributed by atoms with Gasteiger partial charge in [0, 0.05) is 85.0 Å². The van der Waals surface area contributed by atoms with Gasteiger partial charge in [0.2, 0.25) is 11.9 Å². The Kier molecular flexibility index (Phi) is 10.4. The summed E-state index contributed by atoms with van der Waals surface area (Å²) >= 11 is 0. The average molecular weight is 798 g/mol. The van der Waals surface area contributed by atoms with Crippen LogP contribution in [0.25, 0.3) is 22.3 Å². The van der Waals surface area contributed by atoms with Gasteiger partial charge in [-0.1, -0.05) is 38.1 Å². The molecule has 14 nitrogen and oxygen atoms in total. The van der Waals surface area contributed by atoms with Gasteiger partial charge in [-0.05, 0) is 91.6 Å². The van der Waals surface area contributed by atoms with E-state index < -0.39 is 12.0 Å². The maximum absolute atomic E-state index is 13.4. The van der Waals surface area contributed by atoms with Crippen molar-refractivity contribution in [3.05, 3.63) is 101 Å². The molecule has 0 spiro atoms. The molecule has 3 N–H and O–H groups in total. The summed E-state index contributed by atoms with van der Waals surface area (Å²) in [4.78, 5) is 33.1. The molecular weight excluding hydrogens is 747 g/mol. The number of aromatic nitrogens is 6. The second kappa shape index (κ2) is 16.0. The molecule has 0 unspecified atom stereocenters. The standard InChI is InChI=1S/C45H51N9O5/c1-26(2)41(44(57)54-24-33(55)19-27(54)3)39-21-40(51-59-39)58-25-29-9-11-32(12-10-29)52-16-13-30(14-17-52)31-22-46-45(47-23-31)53-18-15-36-42(28(53)4)35-20-37(49-50-43(35)48-36)34-7-5-6-8-38(34)56/h5-12,20-23,26-28,30,33,41,55-56H,13-19,24-25H2,1-4H3,(H,48,50)/t27-,28-,33-,41-/m1/s1. The Morgan fingerprint density at radius 2 is 1.76 bits per heavy atom. The van der Waals surface area contributed by atoms with Gasteiger partial charge < -0.3 is 39.2 Å². The molecule has 0 saturated carbocycles. The third-order valence-corrected chi connectivity index (χ3v) is 12.5. The van der Waals surface area contributed by atoms with Crippen molar-refractivity contribution in [1.82, 2.24) is 35.2 Å². The second-order valence-corrected chi connectivity index (χ2v) is 16.7. The predicted molar refractivity (Wildman–Crippen MR) is 223 cm³/mol. The van der Waals surface area contributed by atoms with Crippen molar-refractivity contribution in [3.8, 4) is 22.9 Å². The van der Waals surface area contributed by atoms with Gasteiger partial charge in [0.05, 0.1) is 17.8 Å². The summed E-state index contributed by atoms with van der Waals surface area (Å²) in [6.45, 7) is 11.5. The molecular formula is C45H51N9O5. The van der Waals surface area contributed by atoms with E-state index in [1.54, 1.807) is 23.1 Å². The lowest BCUT2D eigenvalue weighted by molar-refractivity contribution is -0.135. The molecule has 0 aliphatic carbocycles. The maximum atomic E-state index is 13.4. The molecule has 2 fully saturated rings. The maximum Gasteiger partial charge on any atom is 0.254 e. The van der Waals surface area contributed by atoms with Crippen LogP contribution in [0.4, 0.5) is 11.6 Å². The fourth-order valence-electron chi connectivity index (χ4n) is 9.25. The van der Waals surface area contributed by atoms with Crippen LogP contribution in [0, 0.1) is 5.92 Å². The number of anilines is 2. The number of hydrogen-bond donors (Lipinski definition) is 3. The molecule has 1 amide bonds. The summed E-state index contributed by atoms with van der Waals surface area (Å²) in [5.74, 6) is 1.57. The molecule has 4 atom stereocenters. The van der Waals surface area contributed by atoms with Crippen LogP contribution < -0.4 is 14.5 Å². The highest BCUT2D eigenvalue weighted by atomic mass is 16.5. The summed E-state index contributed by atoms with van der Waals surface area (Å²) in [5, 5.41) is 34.5. The van der Waals surface area contributed by atoms with Crippen molar-refractivity contribution in [3.63, 3.8) is 0 Å². The number of H-pyrrole nitrogens is 1. The molecule has 6 aromatic rings. The number of nitrogens with one attached hydrogen (secondary N) is 1. The number of fused-ring (bicyclic) bond motifs is 3. The minimum Gasteiger partial charge on any atom is -0.507 e. The van der Waals surface area contributed by atoms with Crippen molar-refractivity contribution < 1.29 is 24.3 Å². The SMILES string of the molecule is CC(C)[C@@H](C(=O)N1C[C@H](O)C[C@H]1C)c1cc(OCc2ccc(N3CCC(c4cnc(N5CCc6[nH]c7nnc(-c8ccccc8O)cc7c6[C@H]5C)nc4)CC3)cc2)no1. The van der Waals surface area contributed by atoms with Crippen LogP contribution in [0.1, 0.15) is 93.0 Å². The number of phenolic OH excluding ortho intramolecular Hbond substituents is 1. The number of hydrogen-bond acceptors (Lipinski definition) is 12. The minimum atomic E-state index is -0.494. The molecule has 59 heavy (non-hydrogen) atoms. The number of aliphatic hydroxyl groups excluding tert-OH is 1. The Hall–Kier alpha value is -6.02. The lowest BCUT2D eigenvalue weighted by Gasteiger charge is -2.35. The van der Waals surface area contributed by atoms with E-state index in [4.69, 9.17) is 19.2 Å². The van der Waals surface area contributed by atoms with Gasteiger partial charge in [0.1, 0.15) is 18.3 Å². The zero-order valence-electron chi connectivity index (χ0n) is 34.0. The first-order chi connectivity index (χ1) is 28.6. The number of aliphatic hydroxyl groups is 1. The molecule has 0 bridgehead atoms. The minimum absolute atomic E-state index is 0.00427. The molecule has 0 radical (unpaired) electrons. The quantitative estimate of drug-likeness (QED) is 0.131. The van der Waals surface area contributed by atoms with Crippen LogP contribution in [0.5, 0.6) is 11.6 Å². The van der Waals surface area contributed by atoms with E-state index in [2.05, 4.69) is 61.3 Å². The Balaban J connectivity index is 0.786. The van der Waals surface area contributed by atoms with Crippen LogP contribution in [0.3, 0.4) is 0 Å². The van der Waals surface area contributed by atoms with Crippen molar-refractivity contribution in [1.29, 1.82) is 0 Å². The lowest BCUT2D eigenvalue weighted by atomic mass is 9.91. The molecule has 4 aromatic heterocycles. The van der Waals surface area contributed by atoms with Crippen molar-refractivity contribution >= 4 is 28.6 Å². The number of likely N-dealkylation sites (tertiary alicyclic amines) is 1. The Morgan fingerprint density at radius 3 is 2.47 bits per heavy atom. The number of aromatic hydroxyl groups is 1. The first kappa shape index (κ1) is 38.5. The number of carbonyl (C=O) groups excluding carboxylic acids is 1. The van der Waals surface area contributed by atoms with Crippen LogP contribution in [0.2, 0.25) is 0 Å². The topological polar surface area (TPSA) is 170 Å². The summed E-state index contributed by atoms with van der Waals surface area (Å²) in [6.07, 6.45) is 6.95. The average Bonchev–Trinajstić information content (AvgIpc) is 3.96. The molecule has 2 aromatic carbocycles. The summed E-state index contributed by atoms with van der Waals surface area (Å²) < 4.78 is 11.6. The Morgan fingerprint density at radius 1 is 1.00 bits per heavy atom. The number of piperidine rings is 1. The smallest absolute Gasteiger partial charge is 0.254 e. The normalized spacial score (nSPS) is 20.4. The zero-order chi connectivity index (χ0) is 40.8. The van der Waals surface area contributed by atoms with E-state index in [1.807, 2.05) is 51.4 Å². The van der Waals surface area contributed by atoms with Crippen molar-refractivity contribution in [2.75, 3.05) is 36.0 Å². The van der Waals surface area contributed by atoms with Crippen LogP contribution >= 0.6 is 0 Å². The molecule has 7 heterocycles. The van der Waals surface area contributed by atoms with Gasteiger partial charge in [0.15, 0.2) is 11.4 Å². The molecule has 306 valence electrons. The van der Waals surface area contributed by atoms with Crippen molar-refractivity contribution in [2.45, 2.75) is 90.0 Å². The molecule has 3 aliphatic heterocycles.